The van der Waals surface area contributed by atoms with Crippen LogP contribution in [0, 0.1) is 19.1 Å². The highest BCUT2D eigenvalue weighted by Crippen LogP contribution is 2.20. The standard InChI is InChI=1S/C14H17N3O4/c1-4-21-14(18)13-9(2)15-16(10(13)3)11-6-5-7-12(8-11)17(19)20/h5-8,17,19H,4H2,1-3H3. The number of carbonyl (C=O) groups is 1. The zero-order valence-electron chi connectivity index (χ0n) is 12.1. The van der Waals surface area contributed by atoms with Crippen molar-refractivity contribution in [2.75, 3.05) is 6.61 Å². The van der Waals surface area contributed by atoms with Gasteiger partial charge in [-0.1, -0.05) is 6.07 Å². The summed E-state index contributed by atoms with van der Waals surface area (Å²) in [5.41, 5.74) is 2.33. The molecule has 112 valence electrons. The van der Waals surface area contributed by atoms with Gasteiger partial charge in [-0.05, 0) is 26.8 Å². The molecule has 0 aliphatic rings. The van der Waals surface area contributed by atoms with Gasteiger partial charge in [0.2, 0.25) is 0 Å². The van der Waals surface area contributed by atoms with Crippen molar-refractivity contribution in [2.24, 2.45) is 0 Å². The van der Waals surface area contributed by atoms with E-state index in [1.807, 2.05) is 0 Å². The van der Waals surface area contributed by atoms with Gasteiger partial charge in [-0.2, -0.15) is 10.3 Å². The van der Waals surface area contributed by atoms with Gasteiger partial charge in [0, 0.05) is 12.1 Å². The first-order valence-electron chi connectivity index (χ1n) is 6.52. The molecule has 7 nitrogen and oxygen atoms in total. The second-order valence-electron chi connectivity index (χ2n) is 4.53. The lowest BCUT2D eigenvalue weighted by atomic mass is 10.2. The molecule has 2 rings (SSSR count). The third-order valence-electron chi connectivity index (χ3n) is 3.11. The molecule has 0 bridgehead atoms. The molecular weight excluding hydrogens is 274 g/mol. The van der Waals surface area contributed by atoms with Crippen LogP contribution in [0.2, 0.25) is 0 Å². The van der Waals surface area contributed by atoms with Crippen LogP contribution in [-0.2, 0) is 4.74 Å². The molecule has 0 radical (unpaired) electrons. The van der Waals surface area contributed by atoms with E-state index in [-0.39, 0.29) is 12.3 Å². The number of quaternary nitrogens is 1. The van der Waals surface area contributed by atoms with E-state index in [2.05, 4.69) is 5.10 Å². The van der Waals surface area contributed by atoms with Crippen molar-refractivity contribution in [3.8, 4) is 5.69 Å². The first-order chi connectivity index (χ1) is 9.95. The zero-order valence-corrected chi connectivity index (χ0v) is 12.1. The number of nitrogens with zero attached hydrogens (tertiary/aromatic N) is 2. The molecule has 2 N–H and O–H groups in total. The first-order valence-corrected chi connectivity index (χ1v) is 6.52. The van der Waals surface area contributed by atoms with E-state index in [0.717, 1.165) is 0 Å². The van der Waals surface area contributed by atoms with Gasteiger partial charge in [-0.15, -0.1) is 0 Å². The van der Waals surface area contributed by atoms with Crippen molar-refractivity contribution in [2.45, 2.75) is 20.8 Å². The highest BCUT2D eigenvalue weighted by Gasteiger charge is 2.20. The van der Waals surface area contributed by atoms with Crippen molar-refractivity contribution in [1.29, 1.82) is 0 Å². The van der Waals surface area contributed by atoms with Crippen LogP contribution in [0.4, 0.5) is 5.69 Å². The second-order valence-corrected chi connectivity index (χ2v) is 4.53. The van der Waals surface area contributed by atoms with Gasteiger partial charge in [0.15, 0.2) is 5.69 Å². The minimum Gasteiger partial charge on any atom is -0.595 e. The molecule has 0 aliphatic carbocycles. The van der Waals surface area contributed by atoms with Crippen LogP contribution < -0.4 is 5.23 Å². The Hall–Kier alpha value is -2.22. The Bertz CT molecular complexity index is 664. The lowest BCUT2D eigenvalue weighted by molar-refractivity contribution is -0.991. The quantitative estimate of drug-likeness (QED) is 0.649. The van der Waals surface area contributed by atoms with Crippen LogP contribution >= 0.6 is 0 Å². The summed E-state index contributed by atoms with van der Waals surface area (Å²) >= 11 is 0. The molecular formula is C14H17N3O4. The third-order valence-corrected chi connectivity index (χ3v) is 3.11. The van der Waals surface area contributed by atoms with Crippen LogP contribution in [0.3, 0.4) is 0 Å². The van der Waals surface area contributed by atoms with E-state index >= 15 is 0 Å². The van der Waals surface area contributed by atoms with Gasteiger partial charge < -0.3 is 9.94 Å². The number of rotatable bonds is 4. The van der Waals surface area contributed by atoms with Crippen molar-refractivity contribution < 1.29 is 20.0 Å². The summed E-state index contributed by atoms with van der Waals surface area (Å²) in [5.74, 6) is -0.423. The van der Waals surface area contributed by atoms with Gasteiger partial charge in [0.25, 0.3) is 0 Å². The average Bonchev–Trinajstić information content (AvgIpc) is 2.74. The monoisotopic (exact) mass is 291 g/mol. The van der Waals surface area contributed by atoms with Gasteiger partial charge in [-0.3, -0.25) is 0 Å². The lowest BCUT2D eigenvalue weighted by Crippen LogP contribution is -2.99. The Kier molecular flexibility index (Phi) is 4.37. The maximum absolute atomic E-state index is 11.9. The number of aromatic nitrogens is 2. The summed E-state index contributed by atoms with van der Waals surface area (Å²) in [7, 11) is 0. The topological polar surface area (TPSA) is 91.8 Å². The summed E-state index contributed by atoms with van der Waals surface area (Å²) in [4.78, 5) is 11.9. The minimum atomic E-state index is -1.01. The number of nitrogens with one attached hydrogen (secondary N) is 1. The van der Waals surface area contributed by atoms with E-state index < -0.39 is 11.2 Å². The highest BCUT2D eigenvalue weighted by molar-refractivity contribution is 5.92. The Morgan fingerprint density at radius 2 is 2.19 bits per heavy atom. The molecule has 0 saturated heterocycles. The molecule has 0 amide bonds. The zero-order chi connectivity index (χ0) is 15.6. The Morgan fingerprint density at radius 3 is 2.81 bits per heavy atom. The molecule has 0 saturated carbocycles. The molecule has 1 aromatic carbocycles. The van der Waals surface area contributed by atoms with Gasteiger partial charge in [0.1, 0.15) is 5.56 Å². The third kappa shape index (κ3) is 2.94. The van der Waals surface area contributed by atoms with E-state index in [9.17, 15) is 10.0 Å². The largest absolute Gasteiger partial charge is 0.595 e. The van der Waals surface area contributed by atoms with Crippen molar-refractivity contribution in [3.05, 3.63) is 46.4 Å². The minimum absolute atomic E-state index is 0.165. The molecule has 0 aliphatic heterocycles. The number of ether oxygens (including phenoxy) is 1. The summed E-state index contributed by atoms with van der Waals surface area (Å²) < 4.78 is 6.56. The molecule has 1 unspecified atom stereocenters. The second kappa shape index (κ2) is 6.04. The van der Waals surface area contributed by atoms with Gasteiger partial charge in [0.05, 0.1) is 23.7 Å². The molecule has 0 spiro atoms. The molecule has 0 fully saturated rings. The number of carbonyl (C=O) groups excluding carboxylic acids is 1. The average molecular weight is 291 g/mol. The summed E-state index contributed by atoms with van der Waals surface area (Å²) in [6.45, 7) is 5.50. The van der Waals surface area contributed by atoms with Gasteiger partial charge in [-0.25, -0.2) is 14.7 Å². The van der Waals surface area contributed by atoms with E-state index in [1.54, 1.807) is 37.6 Å². The molecule has 1 heterocycles. The maximum Gasteiger partial charge on any atom is 0.341 e. The Morgan fingerprint density at radius 1 is 1.48 bits per heavy atom. The fraction of sp³-hybridized carbons (Fsp3) is 0.286. The number of hydrogen-bond acceptors (Lipinski definition) is 5. The molecule has 21 heavy (non-hydrogen) atoms. The summed E-state index contributed by atoms with van der Waals surface area (Å²) in [6.07, 6.45) is 0. The van der Waals surface area contributed by atoms with Crippen molar-refractivity contribution >= 4 is 11.7 Å². The van der Waals surface area contributed by atoms with Crippen LogP contribution in [0.5, 0.6) is 0 Å². The van der Waals surface area contributed by atoms with Crippen LogP contribution in [0.25, 0.3) is 5.69 Å². The van der Waals surface area contributed by atoms with Crippen LogP contribution in [0.1, 0.15) is 28.7 Å². The van der Waals surface area contributed by atoms with E-state index in [4.69, 9.17) is 9.94 Å². The van der Waals surface area contributed by atoms with Crippen molar-refractivity contribution in [1.82, 2.24) is 9.78 Å². The lowest BCUT2D eigenvalue weighted by Gasteiger charge is -2.13. The Balaban J connectivity index is 2.49. The maximum atomic E-state index is 11.9. The predicted molar refractivity (Wildman–Crippen MR) is 74.8 cm³/mol. The summed E-state index contributed by atoms with van der Waals surface area (Å²) in [6, 6.07) is 6.39. The number of benzene rings is 1. The van der Waals surface area contributed by atoms with Crippen LogP contribution in [0.15, 0.2) is 24.3 Å². The van der Waals surface area contributed by atoms with Gasteiger partial charge >= 0.3 is 5.97 Å². The molecule has 7 heteroatoms. The van der Waals surface area contributed by atoms with E-state index in [0.29, 0.717) is 22.6 Å². The number of hydrogen-bond donors (Lipinski definition) is 2. The Labute approximate surface area is 121 Å². The van der Waals surface area contributed by atoms with E-state index in [1.165, 1.54) is 12.1 Å². The highest BCUT2D eigenvalue weighted by atomic mass is 16.8. The number of aryl methyl sites for hydroxylation is 1. The molecule has 2 aromatic rings. The fourth-order valence-electron chi connectivity index (χ4n) is 2.16. The predicted octanol–water partition coefficient (Wildman–Crippen LogP) is 1.07. The normalized spacial score (nSPS) is 12.2. The SMILES string of the molecule is CCOC(=O)c1c(C)nn(-c2cccc([NH+]([O-])O)c2)c1C. The molecule has 1 aromatic heterocycles. The summed E-state index contributed by atoms with van der Waals surface area (Å²) in [5, 5.41) is 23.4. The number of esters is 1. The molecule has 1 atom stereocenters. The first kappa shape index (κ1) is 15.2. The van der Waals surface area contributed by atoms with Crippen molar-refractivity contribution in [3.63, 3.8) is 0 Å². The van der Waals surface area contributed by atoms with Crippen LogP contribution in [-0.4, -0.2) is 27.6 Å². The smallest absolute Gasteiger partial charge is 0.341 e. The fourth-order valence-corrected chi connectivity index (χ4v) is 2.16.